The second-order valence-corrected chi connectivity index (χ2v) is 11.4. The van der Waals surface area contributed by atoms with E-state index >= 15 is 0 Å². The summed E-state index contributed by atoms with van der Waals surface area (Å²) in [4.78, 5) is 30.2. The van der Waals surface area contributed by atoms with Gasteiger partial charge in [-0.15, -0.1) is 0 Å². The zero-order chi connectivity index (χ0) is 26.0. The number of nitrogens with zero attached hydrogens (tertiary/aromatic N) is 2. The molecule has 0 spiro atoms. The van der Waals surface area contributed by atoms with Crippen LogP contribution in [0.4, 0.5) is 0 Å². The van der Waals surface area contributed by atoms with Gasteiger partial charge in [0.25, 0.3) is 0 Å². The molecule has 2 fully saturated rings. The number of ether oxygens (including phenoxy) is 1. The van der Waals surface area contributed by atoms with Crippen LogP contribution >= 0.6 is 23.2 Å². The van der Waals surface area contributed by atoms with Crippen LogP contribution in [0.25, 0.3) is 0 Å². The fourth-order valence-corrected chi connectivity index (χ4v) is 5.88. The zero-order valence-corrected chi connectivity index (χ0v) is 22.5. The summed E-state index contributed by atoms with van der Waals surface area (Å²) in [6, 6.07) is 15.3. The van der Waals surface area contributed by atoms with Crippen molar-refractivity contribution in [3.05, 3.63) is 69.7 Å². The standard InChI is InChI=1S/C28H34Cl2N2O4/c1-18(11-12-31(3)23-16-36-17-23)32-26(19-7-9-21(29)10-8-19)24(20-5-4-6-22(30)13-20)14-28(2,27(32)35)15-25(33)34/h4-10,13,18,23-24,26H,11-12,14-17H2,1-3H3,(H,33,34)/t18-,24+,26+,28+/m0/s1. The highest BCUT2D eigenvalue weighted by Crippen LogP contribution is 2.52. The van der Waals surface area contributed by atoms with Gasteiger partial charge < -0.3 is 14.7 Å². The third-order valence-corrected chi connectivity index (χ3v) is 8.24. The highest BCUT2D eigenvalue weighted by Gasteiger charge is 2.51. The van der Waals surface area contributed by atoms with Crippen molar-refractivity contribution in [1.29, 1.82) is 0 Å². The van der Waals surface area contributed by atoms with E-state index in [9.17, 15) is 14.7 Å². The second kappa shape index (κ2) is 11.1. The van der Waals surface area contributed by atoms with Crippen molar-refractivity contribution in [2.45, 2.75) is 57.2 Å². The van der Waals surface area contributed by atoms with Gasteiger partial charge in [-0.3, -0.25) is 14.5 Å². The molecule has 0 bridgehead atoms. The van der Waals surface area contributed by atoms with Crippen LogP contribution in [0.3, 0.4) is 0 Å². The van der Waals surface area contributed by atoms with E-state index in [-0.39, 0.29) is 30.3 Å². The number of aliphatic carboxylic acids is 1. The molecule has 1 amide bonds. The number of likely N-dealkylation sites (tertiary alicyclic amines) is 1. The van der Waals surface area contributed by atoms with Crippen molar-refractivity contribution in [2.24, 2.45) is 5.41 Å². The number of rotatable bonds is 9. The minimum atomic E-state index is -1.04. The number of halogens is 2. The molecule has 2 aromatic carbocycles. The molecule has 36 heavy (non-hydrogen) atoms. The number of benzene rings is 2. The highest BCUT2D eigenvalue weighted by molar-refractivity contribution is 6.30. The number of carbonyl (C=O) groups excluding carboxylic acids is 1. The van der Waals surface area contributed by atoms with Crippen molar-refractivity contribution in [3.8, 4) is 0 Å². The molecule has 194 valence electrons. The number of carbonyl (C=O) groups is 2. The predicted molar refractivity (Wildman–Crippen MR) is 142 cm³/mol. The van der Waals surface area contributed by atoms with Gasteiger partial charge in [0.1, 0.15) is 0 Å². The van der Waals surface area contributed by atoms with Gasteiger partial charge in [0.15, 0.2) is 0 Å². The number of amides is 1. The first-order valence-corrected chi connectivity index (χ1v) is 13.2. The lowest BCUT2D eigenvalue weighted by atomic mass is 9.67. The van der Waals surface area contributed by atoms with Crippen molar-refractivity contribution < 1.29 is 19.4 Å². The Balaban J connectivity index is 1.76. The number of hydrogen-bond acceptors (Lipinski definition) is 4. The first kappa shape index (κ1) is 26.9. The maximum atomic E-state index is 14.1. The Morgan fingerprint density at radius 2 is 1.86 bits per heavy atom. The molecule has 2 aromatic rings. The molecule has 6 nitrogen and oxygen atoms in total. The normalized spacial score (nSPS) is 25.6. The fraction of sp³-hybridized carbons (Fsp3) is 0.500. The van der Waals surface area contributed by atoms with Gasteiger partial charge in [-0.05, 0) is 62.2 Å². The Morgan fingerprint density at radius 1 is 1.17 bits per heavy atom. The molecular formula is C28H34Cl2N2O4. The summed E-state index contributed by atoms with van der Waals surface area (Å²) in [6.07, 6.45) is 0.946. The fourth-order valence-electron chi connectivity index (χ4n) is 5.55. The van der Waals surface area contributed by atoms with Gasteiger partial charge in [0.2, 0.25) is 5.91 Å². The molecule has 2 aliphatic heterocycles. The van der Waals surface area contributed by atoms with E-state index < -0.39 is 11.4 Å². The smallest absolute Gasteiger partial charge is 0.304 e. The lowest BCUT2D eigenvalue weighted by Gasteiger charge is -2.51. The van der Waals surface area contributed by atoms with Gasteiger partial charge in [-0.1, -0.05) is 54.4 Å². The number of carboxylic acids is 1. The number of carboxylic acid groups (broad SMARTS) is 1. The molecule has 4 atom stereocenters. The Labute approximate surface area is 223 Å². The molecular weight excluding hydrogens is 499 g/mol. The maximum Gasteiger partial charge on any atom is 0.304 e. The second-order valence-electron chi connectivity index (χ2n) is 10.5. The average molecular weight is 533 g/mol. The first-order chi connectivity index (χ1) is 17.1. The van der Waals surface area contributed by atoms with Crippen LogP contribution in [0.2, 0.25) is 10.0 Å². The zero-order valence-electron chi connectivity index (χ0n) is 21.0. The van der Waals surface area contributed by atoms with E-state index in [1.54, 1.807) is 6.92 Å². The maximum absolute atomic E-state index is 14.1. The van der Waals surface area contributed by atoms with Gasteiger partial charge in [-0.2, -0.15) is 0 Å². The lowest BCUT2D eigenvalue weighted by Crippen LogP contribution is -2.56. The van der Waals surface area contributed by atoms with Crippen LogP contribution in [0.5, 0.6) is 0 Å². The van der Waals surface area contributed by atoms with E-state index in [0.29, 0.717) is 22.5 Å². The molecule has 0 saturated carbocycles. The summed E-state index contributed by atoms with van der Waals surface area (Å²) in [5.41, 5.74) is 0.930. The molecule has 0 aromatic heterocycles. The Morgan fingerprint density at radius 3 is 2.44 bits per heavy atom. The molecule has 0 aliphatic carbocycles. The van der Waals surface area contributed by atoms with Crippen LogP contribution in [-0.4, -0.2) is 65.7 Å². The minimum Gasteiger partial charge on any atom is -0.481 e. The SMILES string of the molecule is C[C@@H](CCN(C)C1COC1)N1C(=O)[C@@](C)(CC(=O)O)C[C@H](c2cccc(Cl)c2)[C@H]1c1ccc(Cl)cc1. The summed E-state index contributed by atoms with van der Waals surface area (Å²) in [6.45, 7) is 6.12. The quantitative estimate of drug-likeness (QED) is 0.452. The Hall–Kier alpha value is -2.12. The van der Waals surface area contributed by atoms with Gasteiger partial charge in [0, 0.05) is 28.5 Å². The third kappa shape index (κ3) is 5.72. The largest absolute Gasteiger partial charge is 0.481 e. The molecule has 0 radical (unpaired) electrons. The average Bonchev–Trinajstić information content (AvgIpc) is 2.78. The summed E-state index contributed by atoms with van der Waals surface area (Å²) < 4.78 is 5.33. The van der Waals surface area contributed by atoms with Crippen LogP contribution in [0.1, 0.15) is 56.2 Å². The van der Waals surface area contributed by atoms with Crippen molar-refractivity contribution in [1.82, 2.24) is 9.80 Å². The van der Waals surface area contributed by atoms with Crippen molar-refractivity contribution >= 4 is 35.1 Å². The molecule has 2 heterocycles. The number of hydrogen-bond donors (Lipinski definition) is 1. The summed E-state index contributed by atoms with van der Waals surface area (Å²) in [5, 5.41) is 11.0. The van der Waals surface area contributed by atoms with E-state index in [2.05, 4.69) is 18.9 Å². The van der Waals surface area contributed by atoms with E-state index in [1.807, 2.05) is 53.4 Å². The van der Waals surface area contributed by atoms with Crippen LogP contribution in [0.15, 0.2) is 48.5 Å². The minimum absolute atomic E-state index is 0.114. The molecule has 1 N–H and O–H groups in total. The summed E-state index contributed by atoms with van der Waals surface area (Å²) in [5.74, 6) is -1.23. The molecule has 2 aliphatic rings. The summed E-state index contributed by atoms with van der Waals surface area (Å²) >= 11 is 12.6. The molecule has 2 saturated heterocycles. The molecule has 0 unspecified atom stereocenters. The number of likely N-dealkylation sites (N-methyl/N-ethyl adjacent to an activating group) is 1. The van der Waals surface area contributed by atoms with E-state index in [0.717, 1.165) is 37.3 Å². The van der Waals surface area contributed by atoms with Crippen LogP contribution in [-0.2, 0) is 14.3 Å². The monoisotopic (exact) mass is 532 g/mol. The summed E-state index contributed by atoms with van der Waals surface area (Å²) in [7, 11) is 2.08. The number of piperidine rings is 1. The van der Waals surface area contributed by atoms with Gasteiger partial charge in [0.05, 0.1) is 37.1 Å². The Kier molecular flexibility index (Phi) is 8.30. The van der Waals surface area contributed by atoms with Crippen molar-refractivity contribution in [3.63, 3.8) is 0 Å². The van der Waals surface area contributed by atoms with Crippen molar-refractivity contribution in [2.75, 3.05) is 26.8 Å². The Bertz CT molecular complexity index is 1090. The highest BCUT2D eigenvalue weighted by atomic mass is 35.5. The van der Waals surface area contributed by atoms with Crippen LogP contribution < -0.4 is 0 Å². The topological polar surface area (TPSA) is 70.1 Å². The predicted octanol–water partition coefficient (Wildman–Crippen LogP) is 5.64. The molecule has 4 rings (SSSR count). The van der Waals surface area contributed by atoms with Crippen LogP contribution in [0, 0.1) is 5.41 Å². The van der Waals surface area contributed by atoms with E-state index in [1.165, 1.54) is 0 Å². The van der Waals surface area contributed by atoms with E-state index in [4.69, 9.17) is 27.9 Å². The van der Waals surface area contributed by atoms with Gasteiger partial charge in [-0.25, -0.2) is 0 Å². The molecule has 8 heteroatoms. The first-order valence-electron chi connectivity index (χ1n) is 12.4. The lowest BCUT2D eigenvalue weighted by molar-refractivity contribution is -0.160. The van der Waals surface area contributed by atoms with Gasteiger partial charge >= 0.3 is 5.97 Å². The third-order valence-electron chi connectivity index (χ3n) is 7.75.